The van der Waals surface area contributed by atoms with Crippen LogP contribution in [0.5, 0.6) is 11.8 Å². The molecule has 0 unspecified atom stereocenters. The predicted octanol–water partition coefficient (Wildman–Crippen LogP) is 5.94. The second-order valence-corrected chi connectivity index (χ2v) is 7.06. The third kappa shape index (κ3) is 3.94. The zero-order valence-electron chi connectivity index (χ0n) is 16.4. The molecular formula is C26H20N2O2. The molecule has 0 N–H and O–H groups in total. The summed E-state index contributed by atoms with van der Waals surface area (Å²) in [6.45, 7) is 0.950. The Hall–Kier alpha value is -3.92. The number of nitrogens with zero attached hydrogens (tertiary/aromatic N) is 2. The maximum atomic E-state index is 5.91. The van der Waals surface area contributed by atoms with Gasteiger partial charge in [-0.1, -0.05) is 72.8 Å². The second-order valence-electron chi connectivity index (χ2n) is 7.06. The molecule has 0 amide bonds. The van der Waals surface area contributed by atoms with Crippen molar-refractivity contribution >= 4 is 21.8 Å². The molecule has 2 aromatic heterocycles. The molecule has 3 aromatic carbocycles. The van der Waals surface area contributed by atoms with E-state index in [1.54, 1.807) is 0 Å². The molecule has 0 aliphatic heterocycles. The molecule has 4 nitrogen and oxygen atoms in total. The standard InChI is InChI=1S/C26H20N2O2/c1-3-7-19(8-4-1)17-29-23-15-13-21-11-12-22-14-16-24(28-26(22)25(21)27-23)30-18-20-9-5-2-6-10-20/h1-16H,17-18H2. The van der Waals surface area contributed by atoms with Gasteiger partial charge in [0.05, 0.1) is 0 Å². The summed E-state index contributed by atoms with van der Waals surface area (Å²) in [5.41, 5.74) is 3.82. The Balaban J connectivity index is 1.44. The van der Waals surface area contributed by atoms with Crippen LogP contribution in [0.25, 0.3) is 21.8 Å². The fraction of sp³-hybridized carbons (Fsp3) is 0.0769. The number of ether oxygens (including phenoxy) is 2. The lowest BCUT2D eigenvalue weighted by atomic mass is 10.1. The van der Waals surface area contributed by atoms with Gasteiger partial charge in [0.15, 0.2) is 0 Å². The summed E-state index contributed by atoms with van der Waals surface area (Å²) in [5, 5.41) is 2.03. The molecule has 2 heterocycles. The van der Waals surface area contributed by atoms with Crippen LogP contribution in [0.15, 0.2) is 97.1 Å². The Kier molecular flexibility index (Phi) is 4.96. The minimum atomic E-state index is 0.475. The van der Waals surface area contributed by atoms with Gasteiger partial charge in [-0.2, -0.15) is 0 Å². The van der Waals surface area contributed by atoms with E-state index in [0.717, 1.165) is 32.9 Å². The normalized spacial score (nSPS) is 10.9. The summed E-state index contributed by atoms with van der Waals surface area (Å²) in [5.74, 6) is 1.16. The number of fused-ring (bicyclic) bond motifs is 3. The maximum absolute atomic E-state index is 5.91. The van der Waals surface area contributed by atoms with Crippen molar-refractivity contribution in [2.45, 2.75) is 13.2 Å². The lowest BCUT2D eigenvalue weighted by molar-refractivity contribution is 0.294. The summed E-state index contributed by atoms with van der Waals surface area (Å²) in [6, 6.07) is 32.1. The van der Waals surface area contributed by atoms with Crippen LogP contribution in [-0.4, -0.2) is 9.97 Å². The molecule has 0 fully saturated rings. The highest BCUT2D eigenvalue weighted by Crippen LogP contribution is 2.27. The number of benzene rings is 3. The third-order valence-electron chi connectivity index (χ3n) is 4.93. The minimum absolute atomic E-state index is 0.475. The van der Waals surface area contributed by atoms with Crippen LogP contribution in [0.1, 0.15) is 11.1 Å². The average Bonchev–Trinajstić information content (AvgIpc) is 2.82. The van der Waals surface area contributed by atoms with Gasteiger partial charge in [-0.15, -0.1) is 0 Å². The van der Waals surface area contributed by atoms with Crippen molar-refractivity contribution in [1.82, 2.24) is 9.97 Å². The first kappa shape index (κ1) is 18.1. The maximum Gasteiger partial charge on any atom is 0.214 e. The van der Waals surface area contributed by atoms with Crippen LogP contribution >= 0.6 is 0 Å². The van der Waals surface area contributed by atoms with Gasteiger partial charge in [0.25, 0.3) is 0 Å². The van der Waals surface area contributed by atoms with E-state index < -0.39 is 0 Å². The number of aromatic nitrogens is 2. The van der Waals surface area contributed by atoms with E-state index in [9.17, 15) is 0 Å². The third-order valence-corrected chi connectivity index (χ3v) is 4.93. The smallest absolute Gasteiger partial charge is 0.214 e. The van der Waals surface area contributed by atoms with Crippen molar-refractivity contribution in [2.24, 2.45) is 0 Å². The van der Waals surface area contributed by atoms with Crippen molar-refractivity contribution in [3.05, 3.63) is 108 Å². The minimum Gasteiger partial charge on any atom is -0.473 e. The number of hydrogen-bond donors (Lipinski definition) is 0. The van der Waals surface area contributed by atoms with Gasteiger partial charge >= 0.3 is 0 Å². The molecule has 0 radical (unpaired) electrons. The molecule has 0 spiro atoms. The first-order valence-corrected chi connectivity index (χ1v) is 9.89. The molecule has 0 saturated heterocycles. The summed E-state index contributed by atoms with van der Waals surface area (Å²) in [4.78, 5) is 9.48. The van der Waals surface area contributed by atoms with E-state index in [2.05, 4.69) is 12.1 Å². The second kappa shape index (κ2) is 8.21. The van der Waals surface area contributed by atoms with E-state index in [0.29, 0.717) is 25.0 Å². The van der Waals surface area contributed by atoms with Gasteiger partial charge in [0.2, 0.25) is 11.8 Å². The monoisotopic (exact) mass is 392 g/mol. The Morgan fingerprint density at radius 3 is 1.30 bits per heavy atom. The highest BCUT2D eigenvalue weighted by Gasteiger charge is 2.08. The molecule has 0 atom stereocenters. The van der Waals surface area contributed by atoms with Gasteiger partial charge < -0.3 is 9.47 Å². The molecule has 4 heteroatoms. The van der Waals surface area contributed by atoms with Crippen molar-refractivity contribution < 1.29 is 9.47 Å². The molecule has 0 saturated carbocycles. The van der Waals surface area contributed by atoms with Crippen molar-refractivity contribution in [2.75, 3.05) is 0 Å². The SMILES string of the molecule is c1ccc(COc2ccc3ccc4ccc(OCc5ccccc5)nc4c3n2)cc1. The Labute approximate surface area is 174 Å². The first-order valence-electron chi connectivity index (χ1n) is 9.89. The summed E-state index contributed by atoms with van der Waals surface area (Å²) in [6.07, 6.45) is 0. The van der Waals surface area contributed by atoms with Crippen LogP contribution in [0.2, 0.25) is 0 Å². The van der Waals surface area contributed by atoms with E-state index in [4.69, 9.17) is 19.4 Å². The molecular weight excluding hydrogens is 372 g/mol. The molecule has 0 bridgehead atoms. The van der Waals surface area contributed by atoms with Crippen LogP contribution in [-0.2, 0) is 13.2 Å². The van der Waals surface area contributed by atoms with Crippen LogP contribution in [0, 0.1) is 0 Å². The Morgan fingerprint density at radius 1 is 0.467 bits per heavy atom. The van der Waals surface area contributed by atoms with Gasteiger partial charge in [-0.05, 0) is 23.3 Å². The highest BCUT2D eigenvalue weighted by atomic mass is 16.5. The molecule has 0 aliphatic carbocycles. The lowest BCUT2D eigenvalue weighted by Gasteiger charge is -2.09. The zero-order valence-corrected chi connectivity index (χ0v) is 16.4. The summed E-state index contributed by atoms with van der Waals surface area (Å²) < 4.78 is 11.8. The topological polar surface area (TPSA) is 44.2 Å². The highest BCUT2D eigenvalue weighted by molar-refractivity contribution is 6.03. The molecule has 146 valence electrons. The van der Waals surface area contributed by atoms with Crippen molar-refractivity contribution in [3.63, 3.8) is 0 Å². The Morgan fingerprint density at radius 2 is 0.867 bits per heavy atom. The zero-order chi connectivity index (χ0) is 20.2. The largest absolute Gasteiger partial charge is 0.473 e. The van der Waals surface area contributed by atoms with Crippen molar-refractivity contribution in [3.8, 4) is 11.8 Å². The van der Waals surface area contributed by atoms with E-state index >= 15 is 0 Å². The van der Waals surface area contributed by atoms with Crippen LogP contribution < -0.4 is 9.47 Å². The number of rotatable bonds is 6. The van der Waals surface area contributed by atoms with Gasteiger partial charge in [0.1, 0.15) is 24.2 Å². The first-order chi connectivity index (χ1) is 14.8. The fourth-order valence-corrected chi connectivity index (χ4v) is 3.36. The fourth-order valence-electron chi connectivity index (χ4n) is 3.36. The van der Waals surface area contributed by atoms with Crippen molar-refractivity contribution in [1.29, 1.82) is 0 Å². The van der Waals surface area contributed by atoms with Crippen LogP contribution in [0.4, 0.5) is 0 Å². The predicted molar refractivity (Wildman–Crippen MR) is 119 cm³/mol. The van der Waals surface area contributed by atoms with Crippen LogP contribution in [0.3, 0.4) is 0 Å². The Bertz CT molecular complexity index is 1190. The quantitative estimate of drug-likeness (QED) is 0.335. The van der Waals surface area contributed by atoms with Gasteiger partial charge in [0, 0.05) is 22.9 Å². The number of hydrogen-bond acceptors (Lipinski definition) is 4. The molecule has 5 aromatic rings. The molecule has 30 heavy (non-hydrogen) atoms. The van der Waals surface area contributed by atoms with E-state index in [1.807, 2.05) is 84.9 Å². The van der Waals surface area contributed by atoms with Gasteiger partial charge in [-0.3, -0.25) is 0 Å². The summed E-state index contributed by atoms with van der Waals surface area (Å²) >= 11 is 0. The molecule has 0 aliphatic rings. The van der Waals surface area contributed by atoms with E-state index in [1.165, 1.54) is 0 Å². The summed E-state index contributed by atoms with van der Waals surface area (Å²) in [7, 11) is 0. The number of pyridine rings is 2. The van der Waals surface area contributed by atoms with E-state index in [-0.39, 0.29) is 0 Å². The molecule has 5 rings (SSSR count). The lowest BCUT2D eigenvalue weighted by Crippen LogP contribution is -1.99. The van der Waals surface area contributed by atoms with Gasteiger partial charge in [-0.25, -0.2) is 9.97 Å². The average molecular weight is 392 g/mol.